The summed E-state index contributed by atoms with van der Waals surface area (Å²) in [6, 6.07) is 12.4. The number of aromatic nitrogens is 4. The second kappa shape index (κ2) is 5.11. The van der Waals surface area contributed by atoms with E-state index in [0.29, 0.717) is 0 Å². The highest BCUT2D eigenvalue weighted by atomic mass is 15.1. The van der Waals surface area contributed by atoms with Crippen molar-refractivity contribution in [3.05, 3.63) is 54.5 Å². The molecule has 0 aliphatic heterocycles. The Morgan fingerprint density at radius 3 is 2.95 bits per heavy atom. The van der Waals surface area contributed by atoms with Crippen molar-refractivity contribution < 1.29 is 0 Å². The lowest BCUT2D eigenvalue weighted by Gasteiger charge is -2.09. The van der Waals surface area contributed by atoms with Crippen molar-refractivity contribution in [3.63, 3.8) is 0 Å². The standard InChI is InChI=1S/C17H15N5/c1-2-11-3-6-15-14(7-11)17(19-10-18-15)21-13-5-4-12-9-20-22-16(12)8-13/h3-10H,2H2,1H3,(H,20,22)(H,18,19,21). The van der Waals surface area contributed by atoms with Crippen LogP contribution in [0.25, 0.3) is 21.8 Å². The third-order valence-corrected chi connectivity index (χ3v) is 3.81. The summed E-state index contributed by atoms with van der Waals surface area (Å²) in [5.74, 6) is 0.819. The van der Waals surface area contributed by atoms with Crippen LogP contribution in [0.5, 0.6) is 0 Å². The minimum Gasteiger partial charge on any atom is -0.340 e. The van der Waals surface area contributed by atoms with Crippen LogP contribution < -0.4 is 5.32 Å². The molecule has 0 radical (unpaired) electrons. The van der Waals surface area contributed by atoms with Crippen LogP contribution in [0.1, 0.15) is 12.5 Å². The van der Waals surface area contributed by atoms with Crippen LogP contribution in [0.3, 0.4) is 0 Å². The smallest absolute Gasteiger partial charge is 0.141 e. The Kier molecular flexibility index (Phi) is 2.96. The van der Waals surface area contributed by atoms with E-state index in [-0.39, 0.29) is 0 Å². The summed E-state index contributed by atoms with van der Waals surface area (Å²) < 4.78 is 0. The number of hydrogen-bond acceptors (Lipinski definition) is 4. The number of hydrogen-bond donors (Lipinski definition) is 2. The lowest BCUT2D eigenvalue weighted by Crippen LogP contribution is -1.96. The van der Waals surface area contributed by atoms with Gasteiger partial charge in [0.05, 0.1) is 17.2 Å². The summed E-state index contributed by atoms with van der Waals surface area (Å²) in [5.41, 5.74) is 4.18. The summed E-state index contributed by atoms with van der Waals surface area (Å²) in [7, 11) is 0. The first-order chi connectivity index (χ1) is 10.8. The molecule has 0 fully saturated rings. The van der Waals surface area contributed by atoms with Gasteiger partial charge in [-0.15, -0.1) is 0 Å². The summed E-state index contributed by atoms with van der Waals surface area (Å²) in [6.07, 6.45) is 4.39. The maximum atomic E-state index is 4.40. The highest BCUT2D eigenvalue weighted by Gasteiger charge is 2.06. The molecule has 0 atom stereocenters. The number of anilines is 2. The van der Waals surface area contributed by atoms with E-state index in [1.54, 1.807) is 6.33 Å². The fraction of sp³-hybridized carbons (Fsp3) is 0.118. The molecular weight excluding hydrogens is 274 g/mol. The van der Waals surface area contributed by atoms with Crippen molar-refractivity contribution in [2.75, 3.05) is 5.32 Å². The van der Waals surface area contributed by atoms with Crippen molar-refractivity contribution in [1.29, 1.82) is 0 Å². The molecule has 108 valence electrons. The van der Waals surface area contributed by atoms with E-state index in [1.165, 1.54) is 5.56 Å². The molecule has 22 heavy (non-hydrogen) atoms. The molecule has 2 aromatic heterocycles. The van der Waals surface area contributed by atoms with Gasteiger partial charge < -0.3 is 5.32 Å². The van der Waals surface area contributed by atoms with E-state index >= 15 is 0 Å². The number of rotatable bonds is 3. The zero-order valence-electron chi connectivity index (χ0n) is 12.2. The van der Waals surface area contributed by atoms with E-state index in [4.69, 9.17) is 0 Å². The molecule has 0 unspecified atom stereocenters. The first kappa shape index (κ1) is 12.8. The zero-order valence-corrected chi connectivity index (χ0v) is 12.2. The van der Waals surface area contributed by atoms with Gasteiger partial charge in [-0.25, -0.2) is 9.97 Å². The van der Waals surface area contributed by atoms with E-state index in [9.17, 15) is 0 Å². The van der Waals surface area contributed by atoms with Gasteiger partial charge in [0.25, 0.3) is 0 Å². The average Bonchev–Trinajstić information content (AvgIpc) is 3.02. The highest BCUT2D eigenvalue weighted by molar-refractivity contribution is 5.92. The van der Waals surface area contributed by atoms with Crippen LogP contribution >= 0.6 is 0 Å². The molecule has 0 amide bonds. The van der Waals surface area contributed by atoms with Gasteiger partial charge in [0, 0.05) is 16.5 Å². The normalized spacial score (nSPS) is 11.1. The molecule has 0 saturated carbocycles. The number of H-pyrrole nitrogens is 1. The molecule has 0 spiro atoms. The first-order valence-corrected chi connectivity index (χ1v) is 7.27. The summed E-state index contributed by atoms with van der Waals surface area (Å²) in [6.45, 7) is 2.14. The number of nitrogens with zero attached hydrogens (tertiary/aromatic N) is 3. The van der Waals surface area contributed by atoms with E-state index < -0.39 is 0 Å². The molecule has 4 aromatic rings. The van der Waals surface area contributed by atoms with Gasteiger partial charge in [-0.2, -0.15) is 5.10 Å². The quantitative estimate of drug-likeness (QED) is 0.602. The van der Waals surface area contributed by atoms with Crippen molar-refractivity contribution in [1.82, 2.24) is 20.2 Å². The molecule has 0 aliphatic carbocycles. The van der Waals surface area contributed by atoms with E-state index in [2.05, 4.69) is 44.5 Å². The van der Waals surface area contributed by atoms with E-state index in [0.717, 1.165) is 39.7 Å². The molecule has 5 nitrogen and oxygen atoms in total. The predicted molar refractivity (Wildman–Crippen MR) is 88.3 cm³/mol. The molecular formula is C17H15N5. The molecule has 2 heterocycles. The maximum Gasteiger partial charge on any atom is 0.141 e. The van der Waals surface area contributed by atoms with Crippen molar-refractivity contribution in [3.8, 4) is 0 Å². The fourth-order valence-corrected chi connectivity index (χ4v) is 2.57. The van der Waals surface area contributed by atoms with Crippen molar-refractivity contribution in [2.45, 2.75) is 13.3 Å². The Balaban J connectivity index is 1.79. The Bertz CT molecular complexity index is 958. The van der Waals surface area contributed by atoms with Gasteiger partial charge in [0.1, 0.15) is 12.1 Å². The number of aryl methyl sites for hydroxylation is 1. The average molecular weight is 289 g/mol. The molecule has 0 aliphatic rings. The maximum absolute atomic E-state index is 4.40. The van der Waals surface area contributed by atoms with Gasteiger partial charge in [-0.05, 0) is 42.3 Å². The van der Waals surface area contributed by atoms with Crippen molar-refractivity contribution in [2.24, 2.45) is 0 Å². The van der Waals surface area contributed by atoms with Gasteiger partial charge in [-0.3, -0.25) is 5.10 Å². The Hall–Kier alpha value is -2.95. The van der Waals surface area contributed by atoms with Crippen LogP contribution in [0.15, 0.2) is 48.9 Å². The Morgan fingerprint density at radius 2 is 2.05 bits per heavy atom. The third-order valence-electron chi connectivity index (χ3n) is 3.81. The minimum absolute atomic E-state index is 0.819. The molecule has 2 N–H and O–H groups in total. The third kappa shape index (κ3) is 2.16. The van der Waals surface area contributed by atoms with Crippen LogP contribution in [-0.4, -0.2) is 20.2 Å². The van der Waals surface area contributed by atoms with Gasteiger partial charge in [0.15, 0.2) is 0 Å². The van der Waals surface area contributed by atoms with Crippen LogP contribution in [0.4, 0.5) is 11.5 Å². The predicted octanol–water partition coefficient (Wildman–Crippen LogP) is 3.81. The number of nitrogens with one attached hydrogen (secondary N) is 2. The van der Waals surface area contributed by atoms with Gasteiger partial charge in [0.2, 0.25) is 0 Å². The lowest BCUT2D eigenvalue weighted by atomic mass is 10.1. The van der Waals surface area contributed by atoms with E-state index in [1.807, 2.05) is 30.5 Å². The number of fused-ring (bicyclic) bond motifs is 2. The zero-order chi connectivity index (χ0) is 14.9. The first-order valence-electron chi connectivity index (χ1n) is 7.27. The minimum atomic E-state index is 0.819. The van der Waals surface area contributed by atoms with Crippen molar-refractivity contribution >= 4 is 33.3 Å². The molecule has 0 saturated heterocycles. The monoisotopic (exact) mass is 289 g/mol. The summed E-state index contributed by atoms with van der Waals surface area (Å²) in [5, 5.41) is 12.5. The Labute approximate surface area is 127 Å². The van der Waals surface area contributed by atoms with Crippen LogP contribution in [-0.2, 0) is 6.42 Å². The second-order valence-electron chi connectivity index (χ2n) is 5.22. The van der Waals surface area contributed by atoms with Crippen LogP contribution in [0, 0.1) is 0 Å². The second-order valence-corrected chi connectivity index (χ2v) is 5.22. The molecule has 4 rings (SSSR count). The molecule has 5 heteroatoms. The topological polar surface area (TPSA) is 66.5 Å². The van der Waals surface area contributed by atoms with Gasteiger partial charge >= 0.3 is 0 Å². The van der Waals surface area contributed by atoms with Crippen LogP contribution in [0.2, 0.25) is 0 Å². The SMILES string of the molecule is CCc1ccc2ncnc(Nc3ccc4cn[nH]c4c3)c2c1. The molecule has 0 bridgehead atoms. The summed E-state index contributed by atoms with van der Waals surface area (Å²) >= 11 is 0. The Morgan fingerprint density at radius 1 is 1.09 bits per heavy atom. The number of aromatic amines is 1. The van der Waals surface area contributed by atoms with Gasteiger partial charge in [-0.1, -0.05) is 13.0 Å². The fourth-order valence-electron chi connectivity index (χ4n) is 2.57. The number of benzene rings is 2. The molecule has 2 aromatic carbocycles. The largest absolute Gasteiger partial charge is 0.340 e. The lowest BCUT2D eigenvalue weighted by molar-refractivity contribution is 1.12. The summed E-state index contributed by atoms with van der Waals surface area (Å²) in [4.78, 5) is 8.73. The highest BCUT2D eigenvalue weighted by Crippen LogP contribution is 2.25.